The van der Waals surface area contributed by atoms with Gasteiger partial charge in [0.25, 0.3) is 0 Å². The molecule has 1 aromatic rings. The van der Waals surface area contributed by atoms with Crippen molar-refractivity contribution in [1.29, 1.82) is 0 Å². The van der Waals surface area contributed by atoms with Gasteiger partial charge in [-0.3, -0.25) is 9.59 Å². The number of benzene rings is 1. The number of nitrogens with one attached hydrogen (secondary N) is 1. The molecule has 0 unspecified atom stereocenters. The van der Waals surface area contributed by atoms with Crippen LogP contribution in [-0.4, -0.2) is 36.9 Å². The summed E-state index contributed by atoms with van der Waals surface area (Å²) in [7, 11) is 0. The third kappa shape index (κ3) is 7.96. The first-order chi connectivity index (χ1) is 12.3. The number of carbonyl (C=O) groups excluding carboxylic acids is 2. The van der Waals surface area contributed by atoms with Crippen LogP contribution in [0.1, 0.15) is 46.1 Å². The van der Waals surface area contributed by atoms with Gasteiger partial charge in [-0.15, -0.1) is 5.69 Å². The summed E-state index contributed by atoms with van der Waals surface area (Å²) < 4.78 is 10.4. The van der Waals surface area contributed by atoms with Crippen LogP contribution in [0.2, 0.25) is 0 Å². The fourth-order valence-electron chi connectivity index (χ4n) is 3.05. The third-order valence-corrected chi connectivity index (χ3v) is 4.18. The zero-order valence-corrected chi connectivity index (χ0v) is 17.1. The minimum absolute atomic E-state index is 0. The van der Waals surface area contributed by atoms with Crippen molar-refractivity contribution < 1.29 is 37.9 Å². The van der Waals surface area contributed by atoms with Gasteiger partial charge in [0.1, 0.15) is 5.60 Å². The number of rotatable bonds is 5. The van der Waals surface area contributed by atoms with E-state index in [1.165, 1.54) is 0 Å². The molecule has 1 N–H and O–H groups in total. The van der Waals surface area contributed by atoms with Gasteiger partial charge in [0.2, 0.25) is 6.09 Å². The quantitative estimate of drug-likeness (QED) is 0.622. The molecular weight excluding hydrogens is 339 g/mol. The Morgan fingerprint density at radius 1 is 1.22 bits per heavy atom. The van der Waals surface area contributed by atoms with Crippen LogP contribution >= 0.6 is 0 Å². The molecule has 1 aliphatic heterocycles. The number of piperidine rings is 1. The van der Waals surface area contributed by atoms with Gasteiger partial charge in [-0.05, 0) is 59.1 Å². The molecule has 1 aromatic carbocycles. The molecule has 0 aliphatic carbocycles. The molecular formula is C20H29LiN2O4. The minimum atomic E-state index is -0.596. The van der Waals surface area contributed by atoms with E-state index in [1.807, 2.05) is 19.1 Å². The zero-order valence-electron chi connectivity index (χ0n) is 17.1. The maximum absolute atomic E-state index is 12.2. The minimum Gasteiger partial charge on any atom is -0.591 e. The average molecular weight is 368 g/mol. The molecule has 2 atom stereocenters. The van der Waals surface area contributed by atoms with Gasteiger partial charge in [-0.25, -0.2) is 0 Å². The van der Waals surface area contributed by atoms with Crippen LogP contribution in [0.3, 0.4) is 0 Å². The number of nitrogens with zero attached hydrogens (tertiary/aromatic N) is 1. The van der Waals surface area contributed by atoms with E-state index in [0.717, 1.165) is 31.4 Å². The molecule has 1 saturated heterocycles. The molecule has 27 heavy (non-hydrogen) atoms. The molecule has 1 heterocycles. The Bertz CT molecular complexity index is 613. The van der Waals surface area contributed by atoms with Crippen LogP contribution in [0.15, 0.2) is 24.3 Å². The molecule has 0 saturated carbocycles. The number of esters is 1. The summed E-state index contributed by atoms with van der Waals surface area (Å²) in [5, 5.41) is 7.38. The maximum Gasteiger partial charge on any atom is 1.00 e. The molecule has 1 amide bonds. The first-order valence-corrected chi connectivity index (χ1v) is 9.22. The number of ether oxygens (including phenoxy) is 2. The monoisotopic (exact) mass is 368 g/mol. The summed E-state index contributed by atoms with van der Waals surface area (Å²) in [6.07, 6.45) is 1.97. The molecule has 0 radical (unpaired) electrons. The van der Waals surface area contributed by atoms with Crippen LogP contribution in [0.25, 0.3) is 5.32 Å². The molecule has 1 fully saturated rings. The Morgan fingerprint density at radius 3 is 2.48 bits per heavy atom. The van der Waals surface area contributed by atoms with Crippen molar-refractivity contribution >= 4 is 17.7 Å². The molecule has 0 spiro atoms. The third-order valence-electron chi connectivity index (χ3n) is 4.18. The average Bonchev–Trinajstić information content (AvgIpc) is 2.55. The summed E-state index contributed by atoms with van der Waals surface area (Å²) >= 11 is 0. The molecule has 2 rings (SSSR count). The second kappa shape index (κ2) is 10.7. The molecule has 1 aliphatic rings. The molecule has 0 aromatic heterocycles. The summed E-state index contributed by atoms with van der Waals surface area (Å²) in [5.74, 6) is -0.240. The van der Waals surface area contributed by atoms with Gasteiger partial charge >= 0.3 is 24.8 Å². The molecule has 7 heteroatoms. The largest absolute Gasteiger partial charge is 1.00 e. The standard InChI is InChI=1S/C20H30N2O4.Li/c1-5-25-18(23)16-7-6-12-21-17(16)13-14-8-10-15(11-9-14)22-19(24)26-20(2,3)4;/h8-11,16-17,21H,5-7,12-13H2,1-4H3,(H,22,24);/q;+1/p-1/t16-,17-;/m0./s1. The van der Waals surface area contributed by atoms with E-state index < -0.39 is 11.7 Å². The van der Waals surface area contributed by atoms with Crippen molar-refractivity contribution in [3.8, 4) is 0 Å². The Kier molecular flexibility index (Phi) is 9.38. The van der Waals surface area contributed by atoms with Crippen LogP contribution < -0.4 is 24.2 Å². The Morgan fingerprint density at radius 2 is 1.89 bits per heavy atom. The van der Waals surface area contributed by atoms with Crippen molar-refractivity contribution in [3.63, 3.8) is 0 Å². The SMILES string of the molecule is CCOC(=O)[C@H]1CCCN[C@H]1Cc1ccc([N-]C(=O)OC(C)(C)C)cc1.[Li+]. The molecule has 144 valence electrons. The van der Waals surface area contributed by atoms with Crippen LogP contribution in [0.5, 0.6) is 0 Å². The summed E-state index contributed by atoms with van der Waals surface area (Å²) in [5.41, 5.74) is 1.08. The Hall–Kier alpha value is -1.48. The topological polar surface area (TPSA) is 78.7 Å². The fourth-order valence-corrected chi connectivity index (χ4v) is 3.05. The first-order valence-electron chi connectivity index (χ1n) is 9.22. The number of amides is 1. The van der Waals surface area contributed by atoms with E-state index in [4.69, 9.17) is 9.47 Å². The Labute approximate surface area is 173 Å². The zero-order chi connectivity index (χ0) is 19.2. The van der Waals surface area contributed by atoms with Gasteiger partial charge in [-0.1, -0.05) is 24.3 Å². The van der Waals surface area contributed by atoms with Gasteiger partial charge in [-0.2, -0.15) is 0 Å². The van der Waals surface area contributed by atoms with Crippen molar-refractivity contribution in [2.45, 2.75) is 58.6 Å². The number of hydrogen-bond acceptors (Lipinski definition) is 5. The molecule has 6 nitrogen and oxygen atoms in total. The number of hydrogen-bond donors (Lipinski definition) is 1. The Balaban J connectivity index is 0.00000364. The van der Waals surface area contributed by atoms with Gasteiger partial charge in [0, 0.05) is 6.04 Å². The smallest absolute Gasteiger partial charge is 0.591 e. The van der Waals surface area contributed by atoms with Crippen molar-refractivity contribution in [2.24, 2.45) is 5.92 Å². The second-order valence-corrected chi connectivity index (χ2v) is 7.52. The number of carbonyl (C=O) groups is 2. The van der Waals surface area contributed by atoms with Crippen molar-refractivity contribution in [2.75, 3.05) is 13.2 Å². The van der Waals surface area contributed by atoms with Crippen LogP contribution in [0.4, 0.5) is 10.5 Å². The second-order valence-electron chi connectivity index (χ2n) is 7.52. The fraction of sp³-hybridized carbons (Fsp3) is 0.600. The van der Waals surface area contributed by atoms with E-state index >= 15 is 0 Å². The summed E-state index contributed by atoms with van der Waals surface area (Å²) in [6, 6.07) is 7.52. The first kappa shape index (κ1) is 23.6. The predicted octanol–water partition coefficient (Wildman–Crippen LogP) is 1.10. The van der Waals surface area contributed by atoms with E-state index in [9.17, 15) is 9.59 Å². The summed E-state index contributed by atoms with van der Waals surface area (Å²) in [4.78, 5) is 23.9. The van der Waals surface area contributed by atoms with E-state index in [0.29, 0.717) is 12.3 Å². The van der Waals surface area contributed by atoms with Gasteiger partial charge in [0.05, 0.1) is 12.5 Å². The van der Waals surface area contributed by atoms with Gasteiger partial charge < -0.3 is 20.1 Å². The maximum atomic E-state index is 12.2. The van der Waals surface area contributed by atoms with Crippen LogP contribution in [-0.2, 0) is 20.7 Å². The summed E-state index contributed by atoms with van der Waals surface area (Å²) in [6.45, 7) is 8.56. The van der Waals surface area contributed by atoms with E-state index in [-0.39, 0.29) is 36.8 Å². The van der Waals surface area contributed by atoms with Crippen molar-refractivity contribution in [1.82, 2.24) is 5.32 Å². The van der Waals surface area contributed by atoms with Crippen molar-refractivity contribution in [3.05, 3.63) is 35.1 Å². The van der Waals surface area contributed by atoms with E-state index in [1.54, 1.807) is 32.9 Å². The normalized spacial score (nSPS) is 19.6. The predicted molar refractivity (Wildman–Crippen MR) is 101 cm³/mol. The molecule has 0 bridgehead atoms. The van der Waals surface area contributed by atoms with E-state index in [2.05, 4.69) is 10.6 Å². The van der Waals surface area contributed by atoms with Crippen LogP contribution in [0, 0.1) is 5.92 Å². The van der Waals surface area contributed by atoms with Gasteiger partial charge in [0.15, 0.2) is 0 Å².